The Morgan fingerprint density at radius 2 is 2.13 bits per heavy atom. The Kier molecular flexibility index (Phi) is 6.03. The van der Waals surface area contributed by atoms with E-state index in [-0.39, 0.29) is 29.3 Å². The van der Waals surface area contributed by atoms with Gasteiger partial charge in [-0.1, -0.05) is 24.3 Å². The summed E-state index contributed by atoms with van der Waals surface area (Å²) in [5.74, 6) is -1.71. The lowest BCUT2D eigenvalue weighted by atomic mass is 10.1. The molecule has 150 valence electrons. The summed E-state index contributed by atoms with van der Waals surface area (Å²) in [5.41, 5.74) is -0.0685. The minimum Gasteiger partial charge on any atom is -0.435 e. The summed E-state index contributed by atoms with van der Waals surface area (Å²) in [6, 6.07) is 10.8. The molecule has 1 aromatic carbocycles. The zero-order chi connectivity index (χ0) is 21.7. The summed E-state index contributed by atoms with van der Waals surface area (Å²) in [4.78, 5) is 29.7. The van der Waals surface area contributed by atoms with Crippen LogP contribution in [0.2, 0.25) is 0 Å². The van der Waals surface area contributed by atoms with Crippen LogP contribution in [0.25, 0.3) is 11.7 Å². The van der Waals surface area contributed by atoms with E-state index in [1.165, 1.54) is 34.9 Å². The number of amides is 1. The van der Waals surface area contributed by atoms with Gasteiger partial charge < -0.3 is 10.1 Å². The molecule has 3 rings (SSSR count). The van der Waals surface area contributed by atoms with E-state index in [1.54, 1.807) is 31.2 Å². The number of carbonyl (C=O) groups excluding carboxylic acids is 1. The number of hydrogen-bond donors (Lipinski definition) is 1. The second-order valence-electron chi connectivity index (χ2n) is 6.22. The summed E-state index contributed by atoms with van der Waals surface area (Å²) >= 11 is 0. The van der Waals surface area contributed by atoms with Gasteiger partial charge in [0.05, 0.1) is 0 Å². The molecule has 2 aromatic heterocycles. The van der Waals surface area contributed by atoms with Gasteiger partial charge in [0, 0.05) is 12.7 Å². The van der Waals surface area contributed by atoms with Crippen LogP contribution in [0.4, 0.5) is 4.39 Å². The molecule has 0 unspecified atom stereocenters. The molecular formula is C22H17FN4O3. The first kappa shape index (κ1) is 20.5. The van der Waals surface area contributed by atoms with Gasteiger partial charge in [0.2, 0.25) is 5.88 Å². The Morgan fingerprint density at radius 3 is 2.83 bits per heavy atom. The minimum absolute atomic E-state index is 0.143. The van der Waals surface area contributed by atoms with Crippen LogP contribution >= 0.6 is 0 Å². The lowest BCUT2D eigenvalue weighted by Gasteiger charge is -2.12. The summed E-state index contributed by atoms with van der Waals surface area (Å²) in [5, 5.41) is 11.9. The van der Waals surface area contributed by atoms with Gasteiger partial charge in [-0.15, -0.1) is 6.58 Å². The maximum atomic E-state index is 14.1. The third-order valence-corrected chi connectivity index (χ3v) is 4.15. The van der Waals surface area contributed by atoms with Crippen molar-refractivity contribution in [1.29, 1.82) is 5.26 Å². The molecule has 8 heteroatoms. The van der Waals surface area contributed by atoms with Gasteiger partial charge >= 0.3 is 0 Å². The van der Waals surface area contributed by atoms with E-state index < -0.39 is 17.3 Å². The first-order chi connectivity index (χ1) is 14.5. The number of rotatable bonds is 6. The fourth-order valence-corrected chi connectivity index (χ4v) is 2.68. The Balaban J connectivity index is 2.24. The number of nitriles is 1. The van der Waals surface area contributed by atoms with Crippen LogP contribution in [0, 0.1) is 24.1 Å². The van der Waals surface area contributed by atoms with Gasteiger partial charge in [0.15, 0.2) is 11.6 Å². The van der Waals surface area contributed by atoms with Crippen molar-refractivity contribution in [2.75, 3.05) is 6.54 Å². The van der Waals surface area contributed by atoms with Gasteiger partial charge in [-0.3, -0.25) is 14.0 Å². The average Bonchev–Trinajstić information content (AvgIpc) is 2.74. The molecule has 0 aliphatic carbocycles. The molecule has 0 fully saturated rings. The largest absolute Gasteiger partial charge is 0.435 e. The highest BCUT2D eigenvalue weighted by atomic mass is 19.1. The molecule has 0 bridgehead atoms. The smallest absolute Gasteiger partial charge is 0.269 e. The first-order valence-corrected chi connectivity index (χ1v) is 8.91. The zero-order valence-corrected chi connectivity index (χ0v) is 16.1. The van der Waals surface area contributed by atoms with Crippen molar-refractivity contribution in [2.45, 2.75) is 6.92 Å². The molecule has 0 spiro atoms. The molecule has 0 radical (unpaired) electrons. The number of aromatic nitrogens is 2. The predicted molar refractivity (Wildman–Crippen MR) is 109 cm³/mol. The Labute approximate surface area is 171 Å². The average molecular weight is 404 g/mol. The van der Waals surface area contributed by atoms with Crippen LogP contribution < -0.4 is 15.6 Å². The van der Waals surface area contributed by atoms with Crippen LogP contribution in [-0.4, -0.2) is 21.8 Å². The SMILES string of the molecule is C=CCNC(=O)C(C#N)=Cc1c(Oc2ccccc2F)nc2c(C)cccn2c1=O. The fraction of sp³-hybridized carbons (Fsp3) is 0.0909. The van der Waals surface area contributed by atoms with Gasteiger partial charge in [-0.05, 0) is 36.8 Å². The summed E-state index contributed by atoms with van der Waals surface area (Å²) in [6.07, 6.45) is 4.04. The predicted octanol–water partition coefficient (Wildman–Crippen LogP) is 3.14. The highest BCUT2D eigenvalue weighted by Crippen LogP contribution is 2.26. The molecule has 0 saturated carbocycles. The second-order valence-corrected chi connectivity index (χ2v) is 6.22. The third kappa shape index (κ3) is 4.10. The summed E-state index contributed by atoms with van der Waals surface area (Å²) < 4.78 is 21.0. The Bertz CT molecular complexity index is 1270. The molecule has 0 aliphatic rings. The number of nitrogens with zero attached hydrogens (tertiary/aromatic N) is 3. The highest BCUT2D eigenvalue weighted by molar-refractivity contribution is 6.02. The molecule has 1 N–H and O–H groups in total. The van der Waals surface area contributed by atoms with Gasteiger partial charge in [0.1, 0.15) is 22.9 Å². The number of fused-ring (bicyclic) bond motifs is 1. The molecule has 0 aliphatic heterocycles. The van der Waals surface area contributed by atoms with Crippen LogP contribution in [0.5, 0.6) is 11.6 Å². The number of aryl methyl sites for hydroxylation is 1. The highest BCUT2D eigenvalue weighted by Gasteiger charge is 2.18. The summed E-state index contributed by atoms with van der Waals surface area (Å²) in [7, 11) is 0. The maximum Gasteiger partial charge on any atom is 0.269 e. The number of carbonyl (C=O) groups is 1. The lowest BCUT2D eigenvalue weighted by molar-refractivity contribution is -0.116. The molecule has 7 nitrogen and oxygen atoms in total. The van der Waals surface area contributed by atoms with E-state index in [0.29, 0.717) is 11.2 Å². The second kappa shape index (κ2) is 8.84. The lowest BCUT2D eigenvalue weighted by Crippen LogP contribution is -2.25. The molecule has 30 heavy (non-hydrogen) atoms. The van der Waals surface area contributed by atoms with Crippen molar-refractivity contribution in [3.8, 4) is 17.7 Å². The van der Waals surface area contributed by atoms with Crippen molar-refractivity contribution in [2.24, 2.45) is 0 Å². The first-order valence-electron chi connectivity index (χ1n) is 8.91. The minimum atomic E-state index is -0.692. The van der Waals surface area contributed by atoms with Crippen molar-refractivity contribution >= 4 is 17.6 Å². The van der Waals surface area contributed by atoms with Crippen LogP contribution in [-0.2, 0) is 4.79 Å². The zero-order valence-electron chi connectivity index (χ0n) is 16.1. The Hall–Kier alpha value is -4.25. The topological polar surface area (TPSA) is 96.5 Å². The number of pyridine rings is 1. The van der Waals surface area contributed by atoms with E-state index in [2.05, 4.69) is 16.9 Å². The van der Waals surface area contributed by atoms with Gasteiger partial charge in [-0.2, -0.15) is 10.2 Å². The van der Waals surface area contributed by atoms with E-state index in [1.807, 2.05) is 0 Å². The number of para-hydroxylation sites is 1. The number of halogens is 1. The number of ether oxygens (including phenoxy) is 1. The van der Waals surface area contributed by atoms with Gasteiger partial charge in [0.25, 0.3) is 11.5 Å². The maximum absolute atomic E-state index is 14.1. The van der Waals surface area contributed by atoms with Crippen LogP contribution in [0.1, 0.15) is 11.1 Å². The van der Waals surface area contributed by atoms with Crippen LogP contribution in [0.15, 0.2) is 65.6 Å². The fourth-order valence-electron chi connectivity index (χ4n) is 2.68. The molecule has 1 amide bonds. The van der Waals surface area contributed by atoms with E-state index in [4.69, 9.17) is 4.74 Å². The molecule has 0 atom stereocenters. The number of nitrogens with one attached hydrogen (secondary N) is 1. The van der Waals surface area contributed by atoms with Crippen molar-refractivity contribution in [3.63, 3.8) is 0 Å². The third-order valence-electron chi connectivity index (χ3n) is 4.15. The number of benzene rings is 1. The molecule has 0 saturated heterocycles. The normalized spacial score (nSPS) is 11.0. The van der Waals surface area contributed by atoms with Crippen LogP contribution in [0.3, 0.4) is 0 Å². The van der Waals surface area contributed by atoms with Crippen molar-refractivity contribution < 1.29 is 13.9 Å². The summed E-state index contributed by atoms with van der Waals surface area (Å²) in [6.45, 7) is 5.39. The van der Waals surface area contributed by atoms with Gasteiger partial charge in [-0.25, -0.2) is 4.39 Å². The van der Waals surface area contributed by atoms with Crippen molar-refractivity contribution in [1.82, 2.24) is 14.7 Å². The molecular weight excluding hydrogens is 387 g/mol. The van der Waals surface area contributed by atoms with Crippen molar-refractivity contribution in [3.05, 3.63) is 88.1 Å². The Morgan fingerprint density at radius 1 is 1.37 bits per heavy atom. The molecule has 2 heterocycles. The quantitative estimate of drug-likeness (QED) is 0.387. The number of hydrogen-bond acceptors (Lipinski definition) is 5. The van der Waals surface area contributed by atoms with E-state index in [0.717, 1.165) is 6.08 Å². The standard InChI is InChI=1S/C22H17FN4O3/c1-3-10-25-20(28)15(13-24)12-16-21(30-18-9-5-4-8-17(18)23)26-19-14(2)7-6-11-27(19)22(16)29/h3-9,11-12H,1,10H2,2H3,(H,25,28). The monoisotopic (exact) mass is 404 g/mol. The van der Waals surface area contributed by atoms with E-state index in [9.17, 15) is 19.2 Å². The van der Waals surface area contributed by atoms with E-state index >= 15 is 0 Å². The molecule has 3 aromatic rings.